The Morgan fingerprint density at radius 2 is 2.15 bits per heavy atom. The number of hydrogen-bond acceptors (Lipinski definition) is 2. The second-order valence-electron chi connectivity index (χ2n) is 4.56. The van der Waals surface area contributed by atoms with Gasteiger partial charge in [-0.2, -0.15) is 0 Å². The Balaban J connectivity index is 2.09. The number of nitrogens with zero attached hydrogens (tertiary/aromatic N) is 1. The first-order chi connectivity index (χ1) is 9.70. The maximum absolute atomic E-state index is 6.48. The van der Waals surface area contributed by atoms with Crippen molar-refractivity contribution < 1.29 is 4.74 Å². The summed E-state index contributed by atoms with van der Waals surface area (Å²) in [7, 11) is 0. The van der Waals surface area contributed by atoms with E-state index in [1.165, 1.54) is 0 Å². The van der Waals surface area contributed by atoms with Gasteiger partial charge in [0.2, 0.25) is 0 Å². The van der Waals surface area contributed by atoms with E-state index in [0.717, 1.165) is 23.3 Å². The van der Waals surface area contributed by atoms with Crippen LogP contribution in [0.5, 0.6) is 5.75 Å². The number of ether oxygens (including phenoxy) is 1. The number of benzene rings is 1. The number of pyridine rings is 1. The lowest BCUT2D eigenvalue weighted by Crippen LogP contribution is -1.99. The van der Waals surface area contributed by atoms with E-state index in [-0.39, 0.29) is 5.38 Å². The molecule has 0 amide bonds. The smallest absolute Gasteiger partial charge is 0.119 e. The summed E-state index contributed by atoms with van der Waals surface area (Å²) in [4.78, 5) is 3.98. The van der Waals surface area contributed by atoms with E-state index in [1.807, 2.05) is 30.3 Å². The quantitative estimate of drug-likeness (QED) is 0.697. The van der Waals surface area contributed by atoms with Crippen LogP contribution in [0.2, 0.25) is 5.02 Å². The molecule has 4 heteroatoms. The SMILES string of the molecule is CCCOc1cccc(C(Cl)Cc2ccncc2Cl)c1. The predicted octanol–water partition coefficient (Wildman–Crippen LogP) is 5.05. The largest absolute Gasteiger partial charge is 0.494 e. The highest BCUT2D eigenvalue weighted by molar-refractivity contribution is 6.31. The van der Waals surface area contributed by atoms with Crippen LogP contribution < -0.4 is 4.74 Å². The molecule has 2 aromatic rings. The minimum Gasteiger partial charge on any atom is -0.494 e. The summed E-state index contributed by atoms with van der Waals surface area (Å²) in [5.74, 6) is 0.857. The zero-order valence-corrected chi connectivity index (χ0v) is 12.9. The van der Waals surface area contributed by atoms with Crippen LogP contribution in [0.15, 0.2) is 42.7 Å². The summed E-state index contributed by atoms with van der Waals surface area (Å²) in [6.07, 6.45) is 5.02. The van der Waals surface area contributed by atoms with Gasteiger partial charge in [-0.25, -0.2) is 0 Å². The number of hydrogen-bond donors (Lipinski definition) is 0. The number of halogens is 2. The Kier molecular flexibility index (Phi) is 5.69. The van der Waals surface area contributed by atoms with E-state index in [1.54, 1.807) is 12.4 Å². The third kappa shape index (κ3) is 4.12. The van der Waals surface area contributed by atoms with Crippen molar-refractivity contribution in [2.24, 2.45) is 0 Å². The van der Waals surface area contributed by atoms with Gasteiger partial charge in [-0.05, 0) is 42.2 Å². The summed E-state index contributed by atoms with van der Waals surface area (Å²) in [6.45, 7) is 2.80. The normalized spacial score (nSPS) is 12.2. The van der Waals surface area contributed by atoms with Crippen molar-refractivity contribution in [3.8, 4) is 5.75 Å². The third-order valence-corrected chi connectivity index (χ3v) is 3.69. The van der Waals surface area contributed by atoms with Gasteiger partial charge in [-0.1, -0.05) is 30.7 Å². The van der Waals surface area contributed by atoms with Gasteiger partial charge in [0.1, 0.15) is 5.75 Å². The van der Waals surface area contributed by atoms with Crippen molar-refractivity contribution in [3.63, 3.8) is 0 Å². The molecule has 106 valence electrons. The first-order valence-electron chi connectivity index (χ1n) is 6.66. The Hall–Kier alpha value is -1.25. The molecule has 0 fully saturated rings. The topological polar surface area (TPSA) is 22.1 Å². The van der Waals surface area contributed by atoms with E-state index in [9.17, 15) is 0 Å². The Bertz CT molecular complexity index is 560. The third-order valence-electron chi connectivity index (χ3n) is 2.95. The summed E-state index contributed by atoms with van der Waals surface area (Å²) >= 11 is 12.6. The van der Waals surface area contributed by atoms with Gasteiger partial charge in [-0.15, -0.1) is 11.6 Å². The fraction of sp³-hybridized carbons (Fsp3) is 0.312. The molecule has 20 heavy (non-hydrogen) atoms. The molecule has 0 aliphatic heterocycles. The van der Waals surface area contributed by atoms with Crippen molar-refractivity contribution >= 4 is 23.2 Å². The van der Waals surface area contributed by atoms with Gasteiger partial charge < -0.3 is 4.74 Å². The molecule has 1 unspecified atom stereocenters. The number of aromatic nitrogens is 1. The Labute approximate surface area is 129 Å². The van der Waals surface area contributed by atoms with Crippen LogP contribution in [0.1, 0.15) is 29.8 Å². The van der Waals surface area contributed by atoms with Crippen LogP contribution in [0.3, 0.4) is 0 Å². The molecule has 0 aliphatic rings. The highest BCUT2D eigenvalue weighted by Gasteiger charge is 2.12. The summed E-state index contributed by atoms with van der Waals surface area (Å²) in [5.41, 5.74) is 2.04. The van der Waals surface area contributed by atoms with Gasteiger partial charge in [-0.3, -0.25) is 4.98 Å². The van der Waals surface area contributed by atoms with E-state index in [4.69, 9.17) is 27.9 Å². The fourth-order valence-electron chi connectivity index (χ4n) is 1.90. The molecular formula is C16H17Cl2NO. The standard InChI is InChI=1S/C16H17Cl2NO/c1-2-8-20-14-5-3-4-12(9-14)15(17)10-13-6-7-19-11-16(13)18/h3-7,9,11,15H,2,8,10H2,1H3. The lowest BCUT2D eigenvalue weighted by molar-refractivity contribution is 0.317. The molecule has 0 radical (unpaired) electrons. The van der Waals surface area contributed by atoms with Crippen molar-refractivity contribution in [1.82, 2.24) is 4.98 Å². The van der Waals surface area contributed by atoms with Gasteiger partial charge >= 0.3 is 0 Å². The summed E-state index contributed by atoms with van der Waals surface area (Å²) in [5, 5.41) is 0.511. The van der Waals surface area contributed by atoms with Gasteiger partial charge in [0, 0.05) is 12.4 Å². The Morgan fingerprint density at radius 3 is 2.90 bits per heavy atom. The van der Waals surface area contributed by atoms with Gasteiger partial charge in [0.15, 0.2) is 0 Å². The van der Waals surface area contributed by atoms with Crippen LogP contribution in [-0.4, -0.2) is 11.6 Å². The monoisotopic (exact) mass is 309 g/mol. The van der Waals surface area contributed by atoms with Crippen molar-refractivity contribution in [3.05, 3.63) is 58.9 Å². The predicted molar refractivity (Wildman–Crippen MR) is 83.8 cm³/mol. The number of rotatable bonds is 6. The minimum absolute atomic E-state index is 0.139. The highest BCUT2D eigenvalue weighted by atomic mass is 35.5. The Morgan fingerprint density at radius 1 is 1.30 bits per heavy atom. The fourth-order valence-corrected chi connectivity index (χ4v) is 2.40. The summed E-state index contributed by atoms with van der Waals surface area (Å²) < 4.78 is 5.63. The zero-order chi connectivity index (χ0) is 14.4. The van der Waals surface area contributed by atoms with E-state index in [2.05, 4.69) is 11.9 Å². The molecule has 0 saturated carbocycles. The lowest BCUT2D eigenvalue weighted by atomic mass is 10.0. The minimum atomic E-state index is -0.139. The van der Waals surface area contributed by atoms with E-state index >= 15 is 0 Å². The molecule has 2 rings (SSSR count). The molecule has 2 nitrogen and oxygen atoms in total. The van der Waals surface area contributed by atoms with Gasteiger partial charge in [0.05, 0.1) is 17.0 Å². The maximum atomic E-state index is 6.48. The van der Waals surface area contributed by atoms with Crippen LogP contribution >= 0.6 is 23.2 Å². The van der Waals surface area contributed by atoms with Crippen LogP contribution in [0, 0.1) is 0 Å². The van der Waals surface area contributed by atoms with Crippen molar-refractivity contribution in [2.75, 3.05) is 6.61 Å². The zero-order valence-electron chi connectivity index (χ0n) is 11.4. The molecule has 0 bridgehead atoms. The van der Waals surface area contributed by atoms with Crippen LogP contribution in [0.25, 0.3) is 0 Å². The summed E-state index contributed by atoms with van der Waals surface area (Å²) in [6, 6.07) is 9.80. The van der Waals surface area contributed by atoms with E-state index in [0.29, 0.717) is 18.1 Å². The molecule has 0 aliphatic carbocycles. The molecule has 1 aromatic carbocycles. The molecule has 1 aromatic heterocycles. The van der Waals surface area contributed by atoms with Crippen LogP contribution in [0.4, 0.5) is 0 Å². The molecule has 1 heterocycles. The molecule has 0 N–H and O–H groups in total. The first kappa shape index (κ1) is 15.1. The van der Waals surface area contributed by atoms with Crippen LogP contribution in [-0.2, 0) is 6.42 Å². The molecule has 0 saturated heterocycles. The molecule has 0 spiro atoms. The van der Waals surface area contributed by atoms with Crippen molar-refractivity contribution in [1.29, 1.82) is 0 Å². The maximum Gasteiger partial charge on any atom is 0.119 e. The first-order valence-corrected chi connectivity index (χ1v) is 7.47. The molecule has 1 atom stereocenters. The van der Waals surface area contributed by atoms with Crippen molar-refractivity contribution in [2.45, 2.75) is 25.1 Å². The average molecular weight is 310 g/mol. The number of alkyl halides is 1. The van der Waals surface area contributed by atoms with E-state index < -0.39 is 0 Å². The highest BCUT2D eigenvalue weighted by Crippen LogP contribution is 2.29. The second-order valence-corrected chi connectivity index (χ2v) is 5.49. The van der Waals surface area contributed by atoms with Gasteiger partial charge in [0.25, 0.3) is 0 Å². The lowest BCUT2D eigenvalue weighted by Gasteiger charge is -2.13. The molecular weight excluding hydrogens is 293 g/mol. The second kappa shape index (κ2) is 7.51. The average Bonchev–Trinajstić information content (AvgIpc) is 2.48.